The predicted molar refractivity (Wildman–Crippen MR) is 98.9 cm³/mol. The number of aromatic nitrogens is 2. The van der Waals surface area contributed by atoms with Crippen molar-refractivity contribution in [1.29, 1.82) is 0 Å². The van der Waals surface area contributed by atoms with Crippen LogP contribution in [0.15, 0.2) is 60.9 Å². The van der Waals surface area contributed by atoms with Crippen molar-refractivity contribution in [2.24, 2.45) is 0 Å². The summed E-state index contributed by atoms with van der Waals surface area (Å²) in [6.07, 6.45) is 3.30. The Bertz CT molecular complexity index is 862. The number of nitrogens with one attached hydrogen (secondary N) is 1. The molecule has 0 saturated heterocycles. The molecule has 0 unspecified atom stereocenters. The molecule has 1 N–H and O–H groups in total. The van der Waals surface area contributed by atoms with Gasteiger partial charge in [0.2, 0.25) is 6.79 Å². The quantitative estimate of drug-likeness (QED) is 0.712. The van der Waals surface area contributed by atoms with E-state index in [9.17, 15) is 0 Å². The molecule has 0 bridgehead atoms. The number of hydrogen-bond acceptors (Lipinski definition) is 6. The van der Waals surface area contributed by atoms with E-state index < -0.39 is 0 Å². The first-order valence-corrected chi connectivity index (χ1v) is 8.00. The van der Waals surface area contributed by atoms with Crippen LogP contribution in [0.2, 0.25) is 0 Å². The second-order valence-corrected chi connectivity index (χ2v) is 5.57. The molecule has 1 aliphatic rings. The molecule has 0 fully saturated rings. The van der Waals surface area contributed by atoms with Gasteiger partial charge in [-0.05, 0) is 41.5 Å². The lowest BCUT2D eigenvalue weighted by Gasteiger charge is -2.08. The van der Waals surface area contributed by atoms with Crippen LogP contribution in [-0.2, 0) is 13.1 Å². The van der Waals surface area contributed by atoms with Crippen LogP contribution in [-0.4, -0.2) is 16.8 Å². The van der Waals surface area contributed by atoms with Gasteiger partial charge in [0.1, 0.15) is 5.75 Å². The van der Waals surface area contributed by atoms with Gasteiger partial charge >= 0.3 is 6.01 Å². The third-order valence-electron chi connectivity index (χ3n) is 3.74. The van der Waals surface area contributed by atoms with E-state index in [0.717, 1.165) is 35.7 Å². The summed E-state index contributed by atoms with van der Waals surface area (Å²) >= 11 is 0. The Morgan fingerprint density at radius 1 is 0.885 bits per heavy atom. The number of halogens is 1. The van der Waals surface area contributed by atoms with Crippen molar-refractivity contribution >= 4 is 12.4 Å². The molecule has 26 heavy (non-hydrogen) atoms. The van der Waals surface area contributed by atoms with Crippen LogP contribution in [0.5, 0.6) is 23.3 Å². The van der Waals surface area contributed by atoms with Crippen molar-refractivity contribution in [3.05, 3.63) is 72.1 Å². The van der Waals surface area contributed by atoms with Gasteiger partial charge in [-0.3, -0.25) is 0 Å². The Hall–Kier alpha value is -2.83. The minimum absolute atomic E-state index is 0. The maximum Gasteiger partial charge on any atom is 0.321 e. The fourth-order valence-corrected chi connectivity index (χ4v) is 2.56. The largest absolute Gasteiger partial charge is 0.454 e. The molecule has 0 saturated carbocycles. The molecule has 0 amide bonds. The van der Waals surface area contributed by atoms with Crippen LogP contribution >= 0.6 is 12.4 Å². The highest BCUT2D eigenvalue weighted by atomic mass is 35.5. The molecule has 2 aromatic carbocycles. The summed E-state index contributed by atoms with van der Waals surface area (Å²) in [6, 6.07) is 15.9. The van der Waals surface area contributed by atoms with Gasteiger partial charge in [0.15, 0.2) is 11.5 Å². The number of nitrogens with zero attached hydrogens (tertiary/aromatic N) is 2. The monoisotopic (exact) mass is 371 g/mol. The molecule has 1 aliphatic heterocycles. The molecule has 0 radical (unpaired) electrons. The Balaban J connectivity index is 0.00000196. The summed E-state index contributed by atoms with van der Waals surface area (Å²) in [5.74, 6) is 2.32. The molecule has 4 rings (SSSR count). The van der Waals surface area contributed by atoms with Crippen molar-refractivity contribution in [1.82, 2.24) is 15.3 Å². The van der Waals surface area contributed by atoms with E-state index >= 15 is 0 Å². The normalized spacial score (nSPS) is 11.7. The molecule has 6 nitrogen and oxygen atoms in total. The third-order valence-corrected chi connectivity index (χ3v) is 3.74. The summed E-state index contributed by atoms with van der Waals surface area (Å²) in [7, 11) is 0. The van der Waals surface area contributed by atoms with Gasteiger partial charge in [-0.25, -0.2) is 9.97 Å². The van der Waals surface area contributed by atoms with Gasteiger partial charge in [-0.2, -0.15) is 0 Å². The van der Waals surface area contributed by atoms with Crippen LogP contribution in [0.4, 0.5) is 0 Å². The highest BCUT2D eigenvalue weighted by molar-refractivity contribution is 5.85. The van der Waals surface area contributed by atoms with E-state index in [1.165, 1.54) is 0 Å². The predicted octanol–water partition coefficient (Wildman–Crippen LogP) is 3.71. The summed E-state index contributed by atoms with van der Waals surface area (Å²) in [4.78, 5) is 8.13. The highest BCUT2D eigenvalue weighted by Crippen LogP contribution is 2.32. The van der Waals surface area contributed by atoms with Gasteiger partial charge in [0.25, 0.3) is 0 Å². The van der Waals surface area contributed by atoms with Crippen LogP contribution in [0.25, 0.3) is 0 Å². The average molecular weight is 372 g/mol. The molecule has 3 aromatic rings. The van der Waals surface area contributed by atoms with Crippen molar-refractivity contribution < 1.29 is 14.2 Å². The zero-order chi connectivity index (χ0) is 16.9. The Labute approximate surface area is 157 Å². The number of hydrogen-bond donors (Lipinski definition) is 1. The standard InChI is InChI=1S/C19H17N3O3.ClH/c1-3-14(9-16(4-1)25-19-21-7-2-8-22-19)11-20-12-15-5-6-17-18(10-15)24-13-23-17;/h1-10,20H,11-13H2;1H. The lowest BCUT2D eigenvalue weighted by atomic mass is 10.2. The molecule has 1 aromatic heterocycles. The summed E-state index contributed by atoms with van der Waals surface area (Å²) in [5, 5.41) is 3.42. The van der Waals surface area contributed by atoms with E-state index in [1.54, 1.807) is 18.5 Å². The van der Waals surface area contributed by atoms with Crippen molar-refractivity contribution in [2.75, 3.05) is 6.79 Å². The zero-order valence-corrected chi connectivity index (χ0v) is 14.7. The van der Waals surface area contributed by atoms with Crippen molar-refractivity contribution in [3.63, 3.8) is 0 Å². The van der Waals surface area contributed by atoms with Crippen LogP contribution in [0.3, 0.4) is 0 Å². The maximum atomic E-state index is 5.65. The van der Waals surface area contributed by atoms with E-state index in [0.29, 0.717) is 18.6 Å². The van der Waals surface area contributed by atoms with Gasteiger partial charge in [0.05, 0.1) is 0 Å². The summed E-state index contributed by atoms with van der Waals surface area (Å²) < 4.78 is 16.4. The Kier molecular flexibility index (Phi) is 5.88. The minimum atomic E-state index is 0. The topological polar surface area (TPSA) is 65.5 Å². The van der Waals surface area contributed by atoms with E-state index in [4.69, 9.17) is 14.2 Å². The first-order chi connectivity index (χ1) is 12.4. The molecule has 2 heterocycles. The number of benzene rings is 2. The molecular weight excluding hydrogens is 354 g/mol. The fourth-order valence-electron chi connectivity index (χ4n) is 2.56. The lowest BCUT2D eigenvalue weighted by molar-refractivity contribution is 0.174. The molecule has 0 atom stereocenters. The highest BCUT2D eigenvalue weighted by Gasteiger charge is 2.12. The summed E-state index contributed by atoms with van der Waals surface area (Å²) in [6.45, 7) is 1.76. The Morgan fingerprint density at radius 2 is 1.65 bits per heavy atom. The molecular formula is C19H18ClN3O3. The van der Waals surface area contributed by atoms with E-state index in [2.05, 4.69) is 15.3 Å². The van der Waals surface area contributed by atoms with Crippen LogP contribution in [0.1, 0.15) is 11.1 Å². The second kappa shape index (κ2) is 8.51. The third kappa shape index (κ3) is 4.41. The van der Waals surface area contributed by atoms with Crippen molar-refractivity contribution in [2.45, 2.75) is 13.1 Å². The number of rotatable bonds is 6. The van der Waals surface area contributed by atoms with Gasteiger partial charge in [0, 0.05) is 25.5 Å². The average Bonchev–Trinajstić information content (AvgIpc) is 3.11. The fraction of sp³-hybridized carbons (Fsp3) is 0.158. The molecule has 7 heteroatoms. The molecule has 134 valence electrons. The number of fused-ring (bicyclic) bond motifs is 1. The van der Waals surface area contributed by atoms with E-state index in [-0.39, 0.29) is 12.4 Å². The Morgan fingerprint density at radius 3 is 2.50 bits per heavy atom. The van der Waals surface area contributed by atoms with Gasteiger partial charge in [-0.15, -0.1) is 12.4 Å². The van der Waals surface area contributed by atoms with Gasteiger partial charge < -0.3 is 19.5 Å². The number of ether oxygens (including phenoxy) is 3. The van der Waals surface area contributed by atoms with Crippen LogP contribution in [0, 0.1) is 0 Å². The second-order valence-electron chi connectivity index (χ2n) is 5.57. The van der Waals surface area contributed by atoms with E-state index in [1.807, 2.05) is 42.5 Å². The van der Waals surface area contributed by atoms with Crippen molar-refractivity contribution in [3.8, 4) is 23.3 Å². The smallest absolute Gasteiger partial charge is 0.321 e. The SMILES string of the molecule is Cl.c1cnc(Oc2cccc(CNCc3ccc4c(c3)OCO4)c2)nc1. The van der Waals surface area contributed by atoms with Gasteiger partial charge in [-0.1, -0.05) is 18.2 Å². The molecule has 0 aliphatic carbocycles. The summed E-state index contributed by atoms with van der Waals surface area (Å²) in [5.41, 5.74) is 2.27. The lowest BCUT2D eigenvalue weighted by Crippen LogP contribution is -2.12. The first kappa shape index (κ1) is 18.0. The van der Waals surface area contributed by atoms with Crippen LogP contribution < -0.4 is 19.5 Å². The minimum Gasteiger partial charge on any atom is -0.454 e. The first-order valence-electron chi connectivity index (χ1n) is 8.00. The maximum absolute atomic E-state index is 5.65. The molecule has 0 spiro atoms. The zero-order valence-electron chi connectivity index (χ0n) is 13.9.